The van der Waals surface area contributed by atoms with Gasteiger partial charge in [0.25, 0.3) is 0 Å². The van der Waals surface area contributed by atoms with E-state index >= 15 is 0 Å². The molecule has 2 rings (SSSR count). The van der Waals surface area contributed by atoms with Gasteiger partial charge >= 0.3 is 0 Å². The number of Topliss-reactive ketones (excluding diaryl/α,β-unsaturated/α-hetero) is 1. The number of piperidine rings is 1. The van der Waals surface area contributed by atoms with Crippen molar-refractivity contribution >= 4 is 23.5 Å². The van der Waals surface area contributed by atoms with Crippen LogP contribution in [-0.4, -0.2) is 65.1 Å². The van der Waals surface area contributed by atoms with Crippen LogP contribution < -0.4 is 16.0 Å². The van der Waals surface area contributed by atoms with Crippen LogP contribution in [0.15, 0.2) is 24.3 Å². The molecule has 1 aromatic rings. The van der Waals surface area contributed by atoms with E-state index in [1.807, 2.05) is 13.8 Å². The van der Waals surface area contributed by atoms with E-state index in [0.717, 1.165) is 6.42 Å². The largest absolute Gasteiger partial charge is 0.389 e. The van der Waals surface area contributed by atoms with Crippen molar-refractivity contribution < 1.29 is 33.8 Å². The van der Waals surface area contributed by atoms with Crippen LogP contribution in [0.1, 0.15) is 45.1 Å². The van der Waals surface area contributed by atoms with Crippen molar-refractivity contribution in [1.82, 2.24) is 16.0 Å². The maximum atomic E-state index is 13.7. The van der Waals surface area contributed by atoms with Crippen molar-refractivity contribution in [2.75, 3.05) is 13.2 Å². The molecule has 0 bridgehead atoms. The standard InChI is InChI=1S/C24H34FN3O6/c1-14(2)9-20(30)24(34)28-19(11-15-5-3-7-17(25)10-15)23(33)27-18(21(31)13-29)12-16-6-4-8-26-22(16)32/h3,5,7,10,14,16,18-20,29-30H,4,6,8-9,11-13H2,1-2H3,(H,26,32)(H,27,33)(H,28,34)/t16-,18-,19-,20+/m0/s1. The van der Waals surface area contributed by atoms with Crippen LogP contribution in [0.4, 0.5) is 4.39 Å². The molecular weight excluding hydrogens is 445 g/mol. The second kappa shape index (κ2) is 13.1. The molecule has 0 radical (unpaired) electrons. The zero-order valence-electron chi connectivity index (χ0n) is 19.6. The number of hydrogen-bond acceptors (Lipinski definition) is 6. The van der Waals surface area contributed by atoms with Gasteiger partial charge in [-0.2, -0.15) is 0 Å². The number of halogens is 1. The minimum atomic E-state index is -1.34. The fraction of sp³-hybridized carbons (Fsp3) is 0.583. The fourth-order valence-corrected chi connectivity index (χ4v) is 3.93. The molecule has 1 heterocycles. The predicted octanol–water partition coefficient (Wildman–Crippen LogP) is 0.223. The van der Waals surface area contributed by atoms with Crippen molar-refractivity contribution in [1.29, 1.82) is 0 Å². The normalized spacial score (nSPS) is 18.5. The first-order valence-electron chi connectivity index (χ1n) is 11.5. The van der Waals surface area contributed by atoms with Gasteiger partial charge in [0.05, 0.1) is 6.04 Å². The smallest absolute Gasteiger partial charge is 0.249 e. The summed E-state index contributed by atoms with van der Waals surface area (Å²) in [5, 5.41) is 27.3. The van der Waals surface area contributed by atoms with E-state index < -0.39 is 54.1 Å². The van der Waals surface area contributed by atoms with Crippen LogP contribution in [0.5, 0.6) is 0 Å². The lowest BCUT2D eigenvalue weighted by Crippen LogP contribution is -2.55. The lowest BCUT2D eigenvalue weighted by atomic mass is 9.90. The Morgan fingerprint density at radius 2 is 1.88 bits per heavy atom. The molecule has 1 aliphatic rings. The molecule has 0 unspecified atom stereocenters. The molecule has 4 atom stereocenters. The third kappa shape index (κ3) is 8.49. The molecule has 5 N–H and O–H groups in total. The third-order valence-corrected chi connectivity index (χ3v) is 5.74. The number of aliphatic hydroxyl groups excluding tert-OH is 2. The number of carbonyl (C=O) groups excluding carboxylic acids is 4. The molecule has 1 fully saturated rings. The third-order valence-electron chi connectivity index (χ3n) is 5.74. The molecule has 10 heteroatoms. The zero-order valence-corrected chi connectivity index (χ0v) is 19.6. The number of hydrogen-bond donors (Lipinski definition) is 5. The Morgan fingerprint density at radius 1 is 1.18 bits per heavy atom. The van der Waals surface area contributed by atoms with Crippen LogP contribution >= 0.6 is 0 Å². The number of aliphatic hydroxyl groups is 2. The molecule has 188 valence electrons. The number of carbonyl (C=O) groups is 4. The molecule has 0 aliphatic carbocycles. The minimum absolute atomic E-state index is 0.00751. The minimum Gasteiger partial charge on any atom is -0.389 e. The number of rotatable bonds is 12. The van der Waals surface area contributed by atoms with E-state index in [-0.39, 0.29) is 31.1 Å². The molecule has 1 aliphatic heterocycles. The van der Waals surface area contributed by atoms with Gasteiger partial charge in [-0.3, -0.25) is 19.2 Å². The number of benzene rings is 1. The molecular formula is C24H34FN3O6. The van der Waals surface area contributed by atoms with E-state index in [1.165, 1.54) is 18.2 Å². The first-order valence-corrected chi connectivity index (χ1v) is 11.5. The first kappa shape index (κ1) is 27.4. The topological polar surface area (TPSA) is 145 Å². The Balaban J connectivity index is 2.19. The summed E-state index contributed by atoms with van der Waals surface area (Å²) in [4.78, 5) is 50.1. The average molecular weight is 480 g/mol. The van der Waals surface area contributed by atoms with Gasteiger partial charge in [0.1, 0.15) is 24.6 Å². The highest BCUT2D eigenvalue weighted by atomic mass is 19.1. The summed E-state index contributed by atoms with van der Waals surface area (Å²) in [5.41, 5.74) is 0.426. The van der Waals surface area contributed by atoms with Gasteiger partial charge in [-0.1, -0.05) is 26.0 Å². The Kier molecular flexibility index (Phi) is 10.6. The van der Waals surface area contributed by atoms with Gasteiger partial charge < -0.3 is 26.2 Å². The predicted molar refractivity (Wildman–Crippen MR) is 122 cm³/mol. The number of amides is 3. The van der Waals surface area contributed by atoms with E-state index in [0.29, 0.717) is 18.5 Å². The van der Waals surface area contributed by atoms with E-state index in [4.69, 9.17) is 0 Å². The van der Waals surface area contributed by atoms with Crippen LogP contribution in [-0.2, 0) is 25.6 Å². The summed E-state index contributed by atoms with van der Waals surface area (Å²) in [6.45, 7) is 3.38. The second-order valence-electron chi connectivity index (χ2n) is 9.09. The Hall–Kier alpha value is -2.85. The van der Waals surface area contributed by atoms with Crippen molar-refractivity contribution in [2.45, 2.75) is 64.1 Å². The summed E-state index contributed by atoms with van der Waals surface area (Å²) in [7, 11) is 0. The van der Waals surface area contributed by atoms with Crippen LogP contribution in [0, 0.1) is 17.7 Å². The average Bonchev–Trinajstić information content (AvgIpc) is 2.78. The summed E-state index contributed by atoms with van der Waals surface area (Å²) in [6, 6.07) is 3.16. The van der Waals surface area contributed by atoms with Crippen LogP contribution in [0.2, 0.25) is 0 Å². The Bertz CT molecular complexity index is 878. The highest BCUT2D eigenvalue weighted by Gasteiger charge is 2.32. The number of nitrogens with one attached hydrogen (secondary N) is 3. The van der Waals surface area contributed by atoms with Crippen molar-refractivity contribution in [3.8, 4) is 0 Å². The zero-order chi connectivity index (χ0) is 25.3. The fourth-order valence-electron chi connectivity index (χ4n) is 3.93. The lowest BCUT2D eigenvalue weighted by molar-refractivity contribution is -0.136. The molecule has 0 saturated carbocycles. The molecule has 0 aromatic heterocycles. The Labute approximate surface area is 198 Å². The van der Waals surface area contributed by atoms with Gasteiger partial charge in [-0.15, -0.1) is 0 Å². The molecule has 1 aromatic carbocycles. The summed E-state index contributed by atoms with van der Waals surface area (Å²) in [5.74, 6) is -3.37. The summed E-state index contributed by atoms with van der Waals surface area (Å²) < 4.78 is 13.7. The molecule has 3 amide bonds. The maximum absolute atomic E-state index is 13.7. The van der Waals surface area contributed by atoms with Gasteiger partial charge in [0.2, 0.25) is 17.7 Å². The van der Waals surface area contributed by atoms with Gasteiger partial charge in [-0.05, 0) is 49.3 Å². The molecule has 1 saturated heterocycles. The summed E-state index contributed by atoms with van der Waals surface area (Å²) in [6.07, 6.45) is 0.0331. The summed E-state index contributed by atoms with van der Waals surface area (Å²) >= 11 is 0. The first-order chi connectivity index (χ1) is 16.1. The van der Waals surface area contributed by atoms with Crippen molar-refractivity contribution in [3.05, 3.63) is 35.6 Å². The van der Waals surface area contributed by atoms with Crippen molar-refractivity contribution in [2.24, 2.45) is 11.8 Å². The van der Waals surface area contributed by atoms with Crippen LogP contribution in [0.25, 0.3) is 0 Å². The number of ketones is 1. The van der Waals surface area contributed by atoms with Gasteiger partial charge in [0.15, 0.2) is 5.78 Å². The van der Waals surface area contributed by atoms with Crippen LogP contribution in [0.3, 0.4) is 0 Å². The molecule has 9 nitrogen and oxygen atoms in total. The quantitative estimate of drug-likeness (QED) is 0.290. The van der Waals surface area contributed by atoms with Gasteiger partial charge in [-0.25, -0.2) is 4.39 Å². The highest BCUT2D eigenvalue weighted by Crippen LogP contribution is 2.18. The SMILES string of the molecule is CC(C)C[C@@H](O)C(=O)N[C@@H](Cc1cccc(F)c1)C(=O)N[C@@H](C[C@@H]1CCCNC1=O)C(=O)CO. The maximum Gasteiger partial charge on any atom is 0.249 e. The van der Waals surface area contributed by atoms with E-state index in [2.05, 4.69) is 16.0 Å². The van der Waals surface area contributed by atoms with Crippen molar-refractivity contribution in [3.63, 3.8) is 0 Å². The lowest BCUT2D eigenvalue weighted by Gasteiger charge is -2.28. The highest BCUT2D eigenvalue weighted by molar-refractivity contribution is 5.94. The molecule has 34 heavy (non-hydrogen) atoms. The second-order valence-corrected chi connectivity index (χ2v) is 9.09. The monoisotopic (exact) mass is 479 g/mol. The van der Waals surface area contributed by atoms with E-state index in [9.17, 15) is 33.8 Å². The van der Waals surface area contributed by atoms with Gasteiger partial charge in [0, 0.05) is 18.9 Å². The Morgan fingerprint density at radius 3 is 2.50 bits per heavy atom. The molecule has 0 spiro atoms. The van der Waals surface area contributed by atoms with E-state index in [1.54, 1.807) is 6.07 Å².